The zero-order valence-electron chi connectivity index (χ0n) is 46.7. The molecule has 10 heteroatoms. The number of benzene rings is 3. The Kier molecular flexibility index (Phi) is 21.0. The van der Waals surface area contributed by atoms with Crippen LogP contribution in [0.15, 0.2) is 91.3 Å². The minimum absolute atomic E-state index is 0. The quantitative estimate of drug-likeness (QED) is 0.0705. The summed E-state index contributed by atoms with van der Waals surface area (Å²) in [4.78, 5) is 29.7. The molecule has 3 radical (unpaired) electrons. The number of nitrogens with zero attached hydrogens (tertiary/aromatic N) is 2. The van der Waals surface area contributed by atoms with Crippen LogP contribution >= 0.6 is 0 Å². The first-order chi connectivity index (χ1) is 34.4. The van der Waals surface area contributed by atoms with E-state index in [1.165, 1.54) is 33.6 Å². The minimum atomic E-state index is -1.52. The lowest BCUT2D eigenvalue weighted by Crippen LogP contribution is -2.60. The second-order valence-electron chi connectivity index (χ2n) is 24.0. The summed E-state index contributed by atoms with van der Waals surface area (Å²) in [5.41, 5.74) is 7.87. The number of cyclic esters (lactones) is 1. The van der Waals surface area contributed by atoms with Crippen molar-refractivity contribution in [1.29, 1.82) is 0 Å². The predicted molar refractivity (Wildman–Crippen MR) is 308 cm³/mol. The molecule has 1 spiro atoms. The van der Waals surface area contributed by atoms with E-state index in [4.69, 9.17) is 22.3 Å². The normalized spacial score (nSPS) is 27.1. The molecule has 2 heterocycles. The van der Waals surface area contributed by atoms with Gasteiger partial charge in [0.15, 0.2) is 5.41 Å². The van der Waals surface area contributed by atoms with Gasteiger partial charge in [-0.15, -0.1) is 18.8 Å². The van der Waals surface area contributed by atoms with Crippen molar-refractivity contribution >= 4 is 31.7 Å². The summed E-state index contributed by atoms with van der Waals surface area (Å²) in [6.07, 6.45) is 18.3. The van der Waals surface area contributed by atoms with Gasteiger partial charge in [0.25, 0.3) is 0 Å². The maximum absolute atomic E-state index is 13.1. The molecule has 3 aromatic rings. The monoisotopic (exact) mass is 1020 g/mol. The smallest absolute Gasteiger partial charge is 0.324 e. The van der Waals surface area contributed by atoms with Crippen LogP contribution in [0.1, 0.15) is 193 Å². The van der Waals surface area contributed by atoms with Crippen molar-refractivity contribution in [1.82, 2.24) is 0 Å². The molecule has 0 bridgehead atoms. The Balaban J connectivity index is 0.000000247. The van der Waals surface area contributed by atoms with Crippen LogP contribution in [0.25, 0.3) is 0 Å². The number of hydrogen-bond acceptors (Lipinski definition) is 8. The van der Waals surface area contributed by atoms with Gasteiger partial charge in [0.1, 0.15) is 5.41 Å². The molecule has 0 aromatic heterocycles. The third-order valence-electron chi connectivity index (χ3n) is 17.2. The maximum Gasteiger partial charge on any atom is 0.324 e. The van der Waals surface area contributed by atoms with E-state index in [-0.39, 0.29) is 50.4 Å². The number of hydrogen-bond donors (Lipinski definition) is 3. The number of carboxylic acid groups (broad SMARTS) is 1. The van der Waals surface area contributed by atoms with Crippen molar-refractivity contribution in [2.24, 2.45) is 39.4 Å². The van der Waals surface area contributed by atoms with Crippen LogP contribution in [-0.2, 0) is 25.7 Å². The van der Waals surface area contributed by atoms with E-state index in [1.807, 2.05) is 44.2 Å². The highest BCUT2D eigenvalue weighted by molar-refractivity contribution is 5.82. The Morgan fingerprint density at radius 3 is 1.69 bits per heavy atom. The Bertz CT molecular complexity index is 2430. The summed E-state index contributed by atoms with van der Waals surface area (Å²) >= 11 is 0. The van der Waals surface area contributed by atoms with Crippen molar-refractivity contribution in [3.05, 3.63) is 119 Å². The number of para-hydroxylation sites is 2. The molecule has 3 aliphatic carbocycles. The van der Waals surface area contributed by atoms with Gasteiger partial charge >= 0.3 is 11.9 Å². The number of carbonyl (C=O) groups is 2. The number of aliphatic carboxylic acids is 1. The van der Waals surface area contributed by atoms with Gasteiger partial charge in [0.05, 0.1) is 31.4 Å². The van der Waals surface area contributed by atoms with Gasteiger partial charge in [0, 0.05) is 38.6 Å². The summed E-state index contributed by atoms with van der Waals surface area (Å²) in [7, 11) is 0. The van der Waals surface area contributed by atoms with Gasteiger partial charge in [0.2, 0.25) is 6.29 Å². The SMILES string of the molecule is C.C#CCC[C@H]1C(C)(C)CC[C@@H](O)[C@@]1(C#C)C(=O)O.C=C1CC[C@H]2C(C)(C)CC[C@@H](O)[C@@]23C(=O)O[C@H](OCc2ccccc2)[C@@H]13.CC(C)c1cccc(C(C)C)c1N1C=CN(c2c(C(C)C)cccc2C(C)C)C1.[B]. The lowest BCUT2D eigenvalue weighted by Gasteiger charge is -2.56. The van der Waals surface area contributed by atoms with Gasteiger partial charge in [-0.3, -0.25) is 9.59 Å². The van der Waals surface area contributed by atoms with Crippen LogP contribution in [0.2, 0.25) is 0 Å². The summed E-state index contributed by atoms with van der Waals surface area (Å²) < 4.78 is 11.8. The molecule has 3 N–H and O–H groups in total. The molecule has 8 rings (SSSR count). The number of anilines is 2. The first-order valence-electron chi connectivity index (χ1n) is 26.9. The summed E-state index contributed by atoms with van der Waals surface area (Å²) in [5.74, 6) is 4.98. The largest absolute Gasteiger partial charge is 0.480 e. The Morgan fingerprint density at radius 2 is 1.24 bits per heavy atom. The van der Waals surface area contributed by atoms with E-state index in [0.29, 0.717) is 56.0 Å². The number of rotatable bonds is 12. The Labute approximate surface area is 454 Å². The minimum Gasteiger partial charge on any atom is -0.480 e. The van der Waals surface area contributed by atoms with Crippen molar-refractivity contribution in [2.75, 3.05) is 16.5 Å². The molecule has 8 atom stereocenters. The van der Waals surface area contributed by atoms with E-state index >= 15 is 0 Å². The van der Waals surface area contributed by atoms with E-state index < -0.39 is 35.3 Å². The zero-order chi connectivity index (χ0) is 53.8. The molecule has 0 amide bonds. The first kappa shape index (κ1) is 62.3. The fourth-order valence-electron chi connectivity index (χ4n) is 13.2. The highest BCUT2D eigenvalue weighted by atomic mass is 16.7. The van der Waals surface area contributed by atoms with Crippen molar-refractivity contribution < 1.29 is 34.4 Å². The van der Waals surface area contributed by atoms with Gasteiger partial charge < -0.3 is 34.6 Å². The number of ether oxygens (including phenoxy) is 2. The number of aliphatic hydroxyl groups excluding tert-OH is 2. The standard InChI is InChI=1S/C27H38N2.C22H28O4.C15H20O3.CH4.B/c1-18(2)22-11-9-12-23(19(3)4)26(22)28-15-16-29(17-28)27-24(20(5)6)13-10-14-25(27)21(7)8;1-14-9-10-16-21(2,3)12-11-17(23)22(16)18(14)19(26-20(22)24)25-13-15-7-5-4-6-8-15;1-5-7-8-11-14(3,4)10-9-12(16)15(11,6-2)13(17)18;;/h9-16,18-21H,17H2,1-8H3;4-8,16-19,23H,1,9-13H2,2-3H3;1-2,11-12,16H,7-10H2,3-4H3,(H,17,18);1H4;/t;16-,17+,18+,19-,22-;11-,12+,15-;;/m.00../s1. The number of aliphatic hydroxyl groups is 2. The lowest BCUT2D eigenvalue weighted by atomic mass is 9.46. The molecule has 1 saturated heterocycles. The molecule has 0 unspecified atom stereocenters. The highest BCUT2D eigenvalue weighted by Gasteiger charge is 2.71. The van der Waals surface area contributed by atoms with Crippen molar-refractivity contribution in [2.45, 2.75) is 191 Å². The molecule has 3 aromatic carbocycles. The highest BCUT2D eigenvalue weighted by Crippen LogP contribution is 2.65. The van der Waals surface area contributed by atoms with Gasteiger partial charge in [-0.05, 0) is 119 Å². The second-order valence-corrected chi connectivity index (χ2v) is 24.0. The average molecular weight is 1020 g/mol. The molecular formula is C65H90BN2O7. The average Bonchev–Trinajstić information content (AvgIpc) is 3.96. The molecule has 405 valence electrons. The van der Waals surface area contributed by atoms with E-state index in [2.05, 4.69) is 146 Å². The van der Waals surface area contributed by atoms with Crippen LogP contribution in [0.5, 0.6) is 0 Å². The summed E-state index contributed by atoms with van der Waals surface area (Å²) in [5, 5.41) is 30.6. The maximum atomic E-state index is 13.1. The molecule has 4 fully saturated rings. The summed E-state index contributed by atoms with van der Waals surface area (Å²) in [6.45, 7) is 32.3. The fraction of sp³-hybridized carbons (Fsp3) is 0.569. The van der Waals surface area contributed by atoms with E-state index in [1.54, 1.807) is 0 Å². The first-order valence-corrected chi connectivity index (χ1v) is 26.9. The Morgan fingerprint density at radius 1 is 0.760 bits per heavy atom. The zero-order valence-corrected chi connectivity index (χ0v) is 46.7. The predicted octanol–water partition coefficient (Wildman–Crippen LogP) is 13.9. The van der Waals surface area contributed by atoms with Crippen molar-refractivity contribution in [3.63, 3.8) is 0 Å². The van der Waals surface area contributed by atoms with Gasteiger partial charge in [-0.25, -0.2) is 0 Å². The van der Waals surface area contributed by atoms with Gasteiger partial charge in [-0.2, -0.15) is 0 Å². The third-order valence-corrected chi connectivity index (χ3v) is 17.2. The summed E-state index contributed by atoms with van der Waals surface area (Å²) in [6, 6.07) is 23.5. The molecule has 9 nitrogen and oxygen atoms in total. The molecule has 2 aliphatic heterocycles. The molecule has 75 heavy (non-hydrogen) atoms. The topological polar surface area (TPSA) is 120 Å². The van der Waals surface area contributed by atoms with Gasteiger partial charge in [-0.1, -0.05) is 175 Å². The fourth-order valence-corrected chi connectivity index (χ4v) is 13.2. The third kappa shape index (κ3) is 12.2. The van der Waals surface area contributed by atoms with Crippen LogP contribution in [-0.4, -0.2) is 60.8 Å². The van der Waals surface area contributed by atoms with E-state index in [0.717, 1.165) is 43.5 Å². The van der Waals surface area contributed by atoms with Crippen LogP contribution in [0.3, 0.4) is 0 Å². The number of esters is 1. The lowest BCUT2D eigenvalue weighted by molar-refractivity contribution is -0.177. The van der Waals surface area contributed by atoms with Crippen LogP contribution in [0.4, 0.5) is 11.4 Å². The molecular weight excluding hydrogens is 932 g/mol. The number of carboxylic acids is 1. The molecule has 5 aliphatic rings. The second kappa shape index (κ2) is 25.3. The van der Waals surface area contributed by atoms with Crippen LogP contribution in [0, 0.1) is 64.1 Å². The van der Waals surface area contributed by atoms with Crippen molar-refractivity contribution in [3.8, 4) is 24.7 Å². The molecule has 3 saturated carbocycles. The number of terminal acetylenes is 2. The van der Waals surface area contributed by atoms with Crippen LogP contribution < -0.4 is 9.80 Å². The van der Waals surface area contributed by atoms with E-state index in [9.17, 15) is 24.9 Å². The Hall–Kier alpha value is -5.26. The number of carbonyl (C=O) groups excluding carboxylic acids is 1.